The van der Waals surface area contributed by atoms with Crippen molar-refractivity contribution in [1.29, 1.82) is 0 Å². The first-order valence-corrected chi connectivity index (χ1v) is 27.0. The van der Waals surface area contributed by atoms with Gasteiger partial charge >= 0.3 is 0 Å². The molecule has 0 fully saturated rings. The van der Waals surface area contributed by atoms with Crippen LogP contribution in [0.5, 0.6) is 0 Å². The molecule has 376 valence electrons. The highest BCUT2D eigenvalue weighted by Crippen LogP contribution is 2.44. The van der Waals surface area contributed by atoms with Crippen LogP contribution in [0, 0.1) is 0 Å². The highest BCUT2D eigenvalue weighted by atomic mass is 79.9. The highest BCUT2D eigenvalue weighted by molar-refractivity contribution is 9.10. The first-order valence-electron chi connectivity index (χ1n) is 26.2. The van der Waals surface area contributed by atoms with E-state index in [1.807, 2.05) is 0 Å². The second kappa shape index (κ2) is 18.1. The van der Waals surface area contributed by atoms with Crippen LogP contribution in [0.4, 0.5) is 0 Å². The van der Waals surface area contributed by atoms with Gasteiger partial charge in [0.15, 0.2) is 0 Å². The number of rotatable bonds is 4. The normalized spacial score (nSPS) is 13.6. The van der Waals surface area contributed by atoms with Crippen molar-refractivity contribution < 1.29 is 0 Å². The van der Waals surface area contributed by atoms with Gasteiger partial charge in [0.25, 0.3) is 0 Å². The molecule has 8 bridgehead atoms. The molecule has 73 heavy (non-hydrogen) atoms. The number of halogens is 1. The minimum Gasteiger partial charge on any atom is -0.354 e. The minimum atomic E-state index is -0.0859. The molecule has 3 aromatic heterocycles. The maximum absolute atomic E-state index is 5.68. The van der Waals surface area contributed by atoms with Gasteiger partial charge in [-0.3, -0.25) is 0 Å². The Morgan fingerprint density at radius 3 is 0.808 bits per heavy atom. The number of hydrogen-bond acceptors (Lipinski definition) is 2. The van der Waals surface area contributed by atoms with Crippen molar-refractivity contribution in [2.45, 2.75) is 157 Å². The molecule has 4 nitrogen and oxygen atoms in total. The third-order valence-electron chi connectivity index (χ3n) is 14.7. The van der Waals surface area contributed by atoms with Crippen LogP contribution in [0.25, 0.3) is 90.9 Å². The molecule has 0 atom stereocenters. The summed E-state index contributed by atoms with van der Waals surface area (Å²) in [7, 11) is 0. The molecule has 0 unspecified atom stereocenters. The fourth-order valence-corrected chi connectivity index (χ4v) is 10.2. The van der Waals surface area contributed by atoms with Gasteiger partial charge in [0.1, 0.15) is 0 Å². The molecule has 0 saturated heterocycles. The Morgan fingerprint density at radius 2 is 0.534 bits per heavy atom. The maximum atomic E-state index is 5.68. The van der Waals surface area contributed by atoms with E-state index >= 15 is 0 Å². The summed E-state index contributed by atoms with van der Waals surface area (Å²) in [6.45, 7) is 41.7. The van der Waals surface area contributed by atoms with Crippen LogP contribution in [-0.2, 0) is 32.5 Å². The zero-order valence-corrected chi connectivity index (χ0v) is 48.5. The molecular weight excluding hydrogens is 953 g/mol. The van der Waals surface area contributed by atoms with Crippen LogP contribution < -0.4 is 0 Å². The SMILES string of the molecule is CC(C)(C)c1cc(-c2c3nc(c(-c4ccc(Br)cc4)c4nc(c(-c5cc(C(C)(C)C)cc(C(C)(C)C)c5)c5ccc([nH]5)c(-c5cc(C(C)(C)C)cc(C(C)(C)C)c5)c5ccc2[nH]5)C=C4)C=C3)cc(C(C)(C)C)c1. The quantitative estimate of drug-likeness (QED) is 0.185. The number of fused-ring (bicyclic) bond motifs is 8. The second-order valence-electron chi connectivity index (χ2n) is 26.9. The Morgan fingerprint density at radius 1 is 0.288 bits per heavy atom. The number of benzene rings is 4. The molecule has 0 spiro atoms. The Balaban J connectivity index is 1.53. The van der Waals surface area contributed by atoms with Crippen LogP contribution in [0.15, 0.2) is 108 Å². The van der Waals surface area contributed by atoms with E-state index in [9.17, 15) is 0 Å². The first kappa shape index (κ1) is 51.8. The summed E-state index contributed by atoms with van der Waals surface area (Å²) in [5, 5.41) is 0. The van der Waals surface area contributed by atoms with E-state index in [1.54, 1.807) is 0 Å². The molecule has 0 radical (unpaired) electrons. The summed E-state index contributed by atoms with van der Waals surface area (Å²) < 4.78 is 1.02. The van der Waals surface area contributed by atoms with Crippen LogP contribution in [-0.4, -0.2) is 19.9 Å². The largest absolute Gasteiger partial charge is 0.354 e. The molecular formula is C68H77BrN4. The van der Waals surface area contributed by atoms with E-state index in [-0.39, 0.29) is 32.5 Å². The average molecular weight is 1030 g/mol. The Labute approximate surface area is 445 Å². The van der Waals surface area contributed by atoms with Gasteiger partial charge in [0, 0.05) is 48.8 Å². The lowest BCUT2D eigenvalue weighted by atomic mass is 9.78. The summed E-state index contributed by atoms with van der Waals surface area (Å²) in [5.74, 6) is 0. The van der Waals surface area contributed by atoms with Crippen molar-refractivity contribution in [3.63, 3.8) is 0 Å². The number of H-pyrrole nitrogens is 2. The smallest absolute Gasteiger partial charge is 0.0738 e. The van der Waals surface area contributed by atoms with E-state index in [0.29, 0.717) is 0 Å². The number of aromatic nitrogens is 4. The van der Waals surface area contributed by atoms with E-state index in [0.717, 1.165) is 93.8 Å². The molecule has 2 aliphatic heterocycles. The van der Waals surface area contributed by atoms with E-state index in [4.69, 9.17) is 9.97 Å². The molecule has 2 aliphatic rings. The lowest BCUT2D eigenvalue weighted by Crippen LogP contribution is -2.16. The van der Waals surface area contributed by atoms with Gasteiger partial charge in [-0.1, -0.05) is 207 Å². The number of nitrogens with zero attached hydrogens (tertiary/aromatic N) is 2. The second-order valence-corrected chi connectivity index (χ2v) is 27.8. The van der Waals surface area contributed by atoms with Gasteiger partial charge in [-0.2, -0.15) is 0 Å². The zero-order valence-electron chi connectivity index (χ0n) is 46.9. The lowest BCUT2D eigenvalue weighted by molar-refractivity contribution is 0.568. The van der Waals surface area contributed by atoms with Gasteiger partial charge in [-0.25, -0.2) is 9.97 Å². The predicted octanol–water partition coefficient (Wildman–Crippen LogP) is 19.9. The van der Waals surface area contributed by atoms with Gasteiger partial charge in [-0.05, 0) is 149 Å². The molecule has 9 rings (SSSR count). The van der Waals surface area contributed by atoms with E-state index in [1.165, 1.54) is 33.4 Å². The van der Waals surface area contributed by atoms with Crippen molar-refractivity contribution in [1.82, 2.24) is 19.9 Å². The lowest BCUT2D eigenvalue weighted by Gasteiger charge is -2.26. The number of hydrogen-bond donors (Lipinski definition) is 2. The van der Waals surface area contributed by atoms with Crippen molar-refractivity contribution in [3.05, 3.63) is 164 Å². The van der Waals surface area contributed by atoms with Crippen molar-refractivity contribution in [2.24, 2.45) is 0 Å². The summed E-state index contributed by atoms with van der Waals surface area (Å²) in [5.41, 5.74) is 23.5. The summed E-state index contributed by atoms with van der Waals surface area (Å²) in [6, 6.07) is 39.3. The molecule has 5 heteroatoms. The summed E-state index contributed by atoms with van der Waals surface area (Å²) >= 11 is 3.73. The van der Waals surface area contributed by atoms with Crippen molar-refractivity contribution >= 4 is 62.3 Å². The predicted molar refractivity (Wildman–Crippen MR) is 321 cm³/mol. The fourth-order valence-electron chi connectivity index (χ4n) is 9.95. The third-order valence-corrected chi connectivity index (χ3v) is 15.3. The van der Waals surface area contributed by atoms with Crippen LogP contribution in [0.3, 0.4) is 0 Å². The van der Waals surface area contributed by atoms with Crippen LogP contribution in [0.1, 0.15) is 181 Å². The average Bonchev–Trinajstić information content (AvgIpc) is 4.13. The van der Waals surface area contributed by atoms with E-state index < -0.39 is 0 Å². The van der Waals surface area contributed by atoms with E-state index in [2.05, 4.69) is 278 Å². The molecule has 4 aromatic carbocycles. The zero-order chi connectivity index (χ0) is 53.0. The van der Waals surface area contributed by atoms with Gasteiger partial charge in [0.05, 0.1) is 22.8 Å². The number of aromatic amines is 2. The third kappa shape index (κ3) is 10.5. The van der Waals surface area contributed by atoms with Gasteiger partial charge in [-0.15, -0.1) is 0 Å². The monoisotopic (exact) mass is 1030 g/mol. The summed E-state index contributed by atoms with van der Waals surface area (Å²) in [6.07, 6.45) is 8.80. The minimum absolute atomic E-state index is 0.0847. The molecule has 2 N–H and O–H groups in total. The number of nitrogens with one attached hydrogen (secondary N) is 2. The fraction of sp³-hybridized carbons (Fsp3) is 0.353. The van der Waals surface area contributed by atoms with Crippen molar-refractivity contribution in [3.8, 4) is 44.5 Å². The van der Waals surface area contributed by atoms with Crippen LogP contribution >= 0.6 is 15.9 Å². The Hall–Kier alpha value is -6.04. The van der Waals surface area contributed by atoms with Gasteiger partial charge in [0.2, 0.25) is 0 Å². The Kier molecular flexibility index (Phi) is 12.9. The first-order chi connectivity index (χ1) is 33.8. The highest BCUT2D eigenvalue weighted by Gasteiger charge is 2.27. The molecule has 0 aliphatic carbocycles. The topological polar surface area (TPSA) is 57.4 Å². The molecule has 0 amide bonds. The Bertz CT molecular complexity index is 3270. The van der Waals surface area contributed by atoms with Crippen molar-refractivity contribution in [2.75, 3.05) is 0 Å². The molecule has 7 aromatic rings. The maximum Gasteiger partial charge on any atom is 0.0738 e. The van der Waals surface area contributed by atoms with Gasteiger partial charge < -0.3 is 9.97 Å². The summed E-state index contributed by atoms with van der Waals surface area (Å²) in [4.78, 5) is 19.6. The molecule has 0 saturated carbocycles. The molecule has 5 heterocycles. The van der Waals surface area contributed by atoms with Crippen LogP contribution in [0.2, 0.25) is 0 Å². The standard InChI is InChI=1S/C68H77BrN4/c1-63(2,3)44-31-41(32-45(37-44)64(4,5)6)60-53-25-23-51(70-53)59(40-19-21-50(69)22-20-40)52-24-26-54(71-52)61(42-33-46(65(7,8)9)38-47(34-42)66(10,11)12)56-28-30-58(73-56)62(57-29-27-55(60)72-57)43-35-48(67(13,14)15)39-49(36-43)68(16,17)18/h19-39,72-73H,1-18H3.